The number of hydrogen-bond donors (Lipinski definition) is 1. The van der Waals surface area contributed by atoms with E-state index in [9.17, 15) is 4.79 Å². The second-order valence-electron chi connectivity index (χ2n) is 5.11. The number of methoxy groups -OCH3 is 1. The van der Waals surface area contributed by atoms with E-state index < -0.39 is 0 Å². The van der Waals surface area contributed by atoms with Crippen LogP contribution in [-0.4, -0.2) is 48.0 Å². The Hall–Kier alpha value is -1.40. The number of nitrogens with zero attached hydrogens (tertiary/aromatic N) is 3. The van der Waals surface area contributed by atoms with Crippen molar-refractivity contribution in [3.63, 3.8) is 0 Å². The first-order valence-corrected chi connectivity index (χ1v) is 6.70. The molecule has 0 radical (unpaired) electrons. The third-order valence-corrected chi connectivity index (χ3v) is 3.20. The summed E-state index contributed by atoms with van der Waals surface area (Å²) in [5.41, 5.74) is 0.870. The van der Waals surface area contributed by atoms with Gasteiger partial charge in [0.15, 0.2) is 0 Å². The number of nitrogens with one attached hydrogen (secondary N) is 1. The number of carbonyl (C=O) groups excluding carboxylic acids is 1. The average molecular weight is 266 g/mol. The first-order valence-electron chi connectivity index (χ1n) is 6.70. The summed E-state index contributed by atoms with van der Waals surface area (Å²) in [4.78, 5) is 14.1. The highest BCUT2D eigenvalue weighted by molar-refractivity contribution is 5.99. The molecule has 1 amide bonds. The molecule has 6 heteroatoms. The molecule has 1 aromatic rings. The Morgan fingerprint density at radius 2 is 2.37 bits per heavy atom. The van der Waals surface area contributed by atoms with Crippen LogP contribution in [0.25, 0.3) is 0 Å². The summed E-state index contributed by atoms with van der Waals surface area (Å²) in [6.45, 7) is 6.18. The van der Waals surface area contributed by atoms with Crippen molar-refractivity contribution in [2.75, 3.05) is 25.2 Å². The molecule has 1 unspecified atom stereocenters. The lowest BCUT2D eigenvalue weighted by atomic mass is 10.2. The third kappa shape index (κ3) is 3.33. The van der Waals surface area contributed by atoms with Gasteiger partial charge in [0.25, 0.3) is 0 Å². The minimum Gasteiger partial charge on any atom is -0.383 e. The van der Waals surface area contributed by atoms with E-state index in [1.807, 2.05) is 6.20 Å². The number of anilines is 1. The minimum atomic E-state index is -0.0673. The van der Waals surface area contributed by atoms with Crippen molar-refractivity contribution in [3.05, 3.63) is 12.4 Å². The average Bonchev–Trinajstić information content (AvgIpc) is 2.95. The molecular formula is C13H22N4O2. The highest BCUT2D eigenvalue weighted by atomic mass is 16.5. The molecule has 0 bridgehead atoms. The smallest absolute Gasteiger partial charge is 0.244 e. The Morgan fingerprint density at radius 1 is 1.58 bits per heavy atom. The lowest BCUT2D eigenvalue weighted by molar-refractivity contribution is -0.118. The molecule has 2 heterocycles. The van der Waals surface area contributed by atoms with E-state index in [1.165, 1.54) is 0 Å². The van der Waals surface area contributed by atoms with Crippen molar-refractivity contribution in [1.82, 2.24) is 15.1 Å². The van der Waals surface area contributed by atoms with Crippen LogP contribution in [0.2, 0.25) is 0 Å². The third-order valence-electron chi connectivity index (χ3n) is 3.20. The van der Waals surface area contributed by atoms with E-state index >= 15 is 0 Å². The largest absolute Gasteiger partial charge is 0.383 e. The lowest BCUT2D eigenvalue weighted by Crippen LogP contribution is -2.41. The molecule has 0 aliphatic carbocycles. The fraction of sp³-hybridized carbons (Fsp3) is 0.692. The predicted molar refractivity (Wildman–Crippen MR) is 73.1 cm³/mol. The first kappa shape index (κ1) is 14.0. The minimum absolute atomic E-state index is 0.0673. The van der Waals surface area contributed by atoms with Gasteiger partial charge in [-0.1, -0.05) is 13.8 Å². The van der Waals surface area contributed by atoms with Gasteiger partial charge in [-0.15, -0.1) is 0 Å². The van der Waals surface area contributed by atoms with Gasteiger partial charge in [-0.2, -0.15) is 5.10 Å². The van der Waals surface area contributed by atoms with Gasteiger partial charge in [-0.25, -0.2) is 0 Å². The van der Waals surface area contributed by atoms with Crippen LogP contribution >= 0.6 is 0 Å². The van der Waals surface area contributed by atoms with Gasteiger partial charge >= 0.3 is 0 Å². The Kier molecular flexibility index (Phi) is 4.55. The van der Waals surface area contributed by atoms with Crippen LogP contribution in [0.5, 0.6) is 0 Å². The summed E-state index contributed by atoms with van der Waals surface area (Å²) in [7, 11) is 1.66. The van der Waals surface area contributed by atoms with E-state index in [-0.39, 0.29) is 11.9 Å². The second-order valence-corrected chi connectivity index (χ2v) is 5.11. The maximum absolute atomic E-state index is 12.3. The summed E-state index contributed by atoms with van der Waals surface area (Å²) >= 11 is 0. The van der Waals surface area contributed by atoms with Gasteiger partial charge in [0.1, 0.15) is 0 Å². The van der Waals surface area contributed by atoms with Crippen LogP contribution < -0.4 is 10.2 Å². The summed E-state index contributed by atoms with van der Waals surface area (Å²) in [6.07, 6.45) is 4.49. The van der Waals surface area contributed by atoms with Crippen LogP contribution in [0.4, 0.5) is 5.69 Å². The summed E-state index contributed by atoms with van der Waals surface area (Å²) < 4.78 is 6.81. The van der Waals surface area contributed by atoms with E-state index in [2.05, 4.69) is 24.3 Å². The molecule has 1 fully saturated rings. The van der Waals surface area contributed by atoms with Gasteiger partial charge in [0, 0.05) is 25.9 Å². The predicted octanol–water partition coefficient (Wildman–Crippen LogP) is 0.633. The number of aromatic nitrogens is 2. The lowest BCUT2D eigenvalue weighted by Gasteiger charge is -2.16. The van der Waals surface area contributed by atoms with Crippen molar-refractivity contribution >= 4 is 11.6 Å². The molecular weight excluding hydrogens is 244 g/mol. The van der Waals surface area contributed by atoms with Gasteiger partial charge < -0.3 is 15.0 Å². The van der Waals surface area contributed by atoms with Gasteiger partial charge in [0.05, 0.1) is 31.1 Å². The molecule has 106 valence electrons. The van der Waals surface area contributed by atoms with Crippen molar-refractivity contribution in [1.29, 1.82) is 0 Å². The van der Waals surface area contributed by atoms with Gasteiger partial charge in [-0.05, 0) is 6.42 Å². The molecule has 0 spiro atoms. The monoisotopic (exact) mass is 266 g/mol. The molecule has 1 aliphatic heterocycles. The van der Waals surface area contributed by atoms with Gasteiger partial charge in [0.2, 0.25) is 5.91 Å². The Labute approximate surface area is 113 Å². The molecule has 2 rings (SSSR count). The van der Waals surface area contributed by atoms with Crippen molar-refractivity contribution < 1.29 is 9.53 Å². The maximum Gasteiger partial charge on any atom is 0.244 e. The number of ether oxygens (including phenoxy) is 1. The molecule has 0 saturated carbocycles. The number of amides is 1. The van der Waals surface area contributed by atoms with Crippen LogP contribution in [0, 0.1) is 0 Å². The van der Waals surface area contributed by atoms with Crippen LogP contribution in [0.1, 0.15) is 20.3 Å². The molecule has 19 heavy (non-hydrogen) atoms. The second kappa shape index (κ2) is 6.16. The molecule has 1 N–H and O–H groups in total. The molecule has 1 aliphatic rings. The summed E-state index contributed by atoms with van der Waals surface area (Å²) in [5.74, 6) is 0.139. The number of rotatable bonds is 6. The number of carbonyl (C=O) groups is 1. The molecule has 1 saturated heterocycles. The number of hydrogen-bond acceptors (Lipinski definition) is 4. The Bertz CT molecular complexity index is 430. The van der Waals surface area contributed by atoms with Crippen molar-refractivity contribution in [2.45, 2.75) is 38.9 Å². The molecule has 1 aromatic heterocycles. The molecule has 1 atom stereocenters. The molecule has 6 nitrogen and oxygen atoms in total. The first-order chi connectivity index (χ1) is 9.11. The quantitative estimate of drug-likeness (QED) is 0.820. The standard InChI is InChI=1S/C13H22N4O2/c1-10(2)15-12-4-5-17(13(12)18)11-8-14-16(9-11)6-7-19-3/h8-10,12,15H,4-7H2,1-3H3. The Balaban J connectivity index is 1.99. The molecule has 0 aromatic carbocycles. The van der Waals surface area contributed by atoms with Crippen molar-refractivity contribution in [2.24, 2.45) is 0 Å². The van der Waals surface area contributed by atoms with Crippen molar-refractivity contribution in [3.8, 4) is 0 Å². The highest BCUT2D eigenvalue weighted by Crippen LogP contribution is 2.21. The zero-order valence-electron chi connectivity index (χ0n) is 11.8. The van der Waals surface area contributed by atoms with E-state index in [4.69, 9.17) is 4.74 Å². The van der Waals surface area contributed by atoms with E-state index in [0.29, 0.717) is 19.2 Å². The van der Waals surface area contributed by atoms with Crippen LogP contribution in [0.15, 0.2) is 12.4 Å². The fourth-order valence-electron chi connectivity index (χ4n) is 2.29. The van der Waals surface area contributed by atoms with E-state index in [0.717, 1.165) is 18.7 Å². The van der Waals surface area contributed by atoms with Crippen LogP contribution in [-0.2, 0) is 16.1 Å². The topological polar surface area (TPSA) is 59.4 Å². The zero-order valence-corrected chi connectivity index (χ0v) is 11.8. The van der Waals surface area contributed by atoms with Crippen LogP contribution in [0.3, 0.4) is 0 Å². The normalized spacial score (nSPS) is 19.7. The Morgan fingerprint density at radius 3 is 3.05 bits per heavy atom. The summed E-state index contributed by atoms with van der Waals surface area (Å²) in [5, 5.41) is 7.53. The zero-order chi connectivity index (χ0) is 13.8. The maximum atomic E-state index is 12.3. The fourth-order valence-corrected chi connectivity index (χ4v) is 2.29. The van der Waals surface area contributed by atoms with Gasteiger partial charge in [-0.3, -0.25) is 9.48 Å². The summed E-state index contributed by atoms with van der Waals surface area (Å²) in [6, 6.07) is 0.251. The highest BCUT2D eigenvalue weighted by Gasteiger charge is 2.33. The van der Waals surface area contributed by atoms with E-state index in [1.54, 1.807) is 22.9 Å². The SMILES string of the molecule is COCCn1cc(N2CCC(NC(C)C)C2=O)cn1.